The average molecular weight is 299 g/mol. The first kappa shape index (κ1) is 13.7. The Kier molecular flexibility index (Phi) is 5.15. The van der Waals surface area contributed by atoms with E-state index in [4.69, 9.17) is 0 Å². The molecule has 17 heavy (non-hydrogen) atoms. The molecule has 0 aliphatic rings. The van der Waals surface area contributed by atoms with Crippen molar-refractivity contribution >= 4 is 27.3 Å². The average Bonchev–Trinajstić information content (AvgIpc) is 2.26. The van der Waals surface area contributed by atoms with E-state index in [0.29, 0.717) is 10.5 Å². The van der Waals surface area contributed by atoms with E-state index in [1.165, 1.54) is 6.07 Å². The Morgan fingerprint density at radius 1 is 1.65 bits per heavy atom. The van der Waals surface area contributed by atoms with Crippen molar-refractivity contribution < 1.29 is 4.92 Å². The highest BCUT2D eigenvalue weighted by atomic mass is 79.9. The molecule has 1 N–H and O–H groups in total. The molecule has 0 aromatic heterocycles. The van der Waals surface area contributed by atoms with Crippen LogP contribution >= 0.6 is 15.9 Å². The first-order chi connectivity index (χ1) is 8.04. The van der Waals surface area contributed by atoms with Gasteiger partial charge in [0.05, 0.1) is 9.40 Å². The first-order valence-corrected chi connectivity index (χ1v) is 6.15. The van der Waals surface area contributed by atoms with Crippen molar-refractivity contribution in [3.05, 3.63) is 45.4 Å². The lowest BCUT2D eigenvalue weighted by molar-refractivity contribution is -0.385. The van der Waals surface area contributed by atoms with Gasteiger partial charge in [0.2, 0.25) is 0 Å². The predicted molar refractivity (Wildman–Crippen MR) is 73.3 cm³/mol. The fraction of sp³-hybridized carbons (Fsp3) is 0.333. The summed E-state index contributed by atoms with van der Waals surface area (Å²) in [4.78, 5) is 10.2. The standard InChI is InChI=1S/C12H15BrN2O2/c1-3-4-5-9(2)14-10-6-7-12(15(16)17)11(13)8-10/h3,6-9,14H,1,4-5H2,2H3. The number of hydrogen-bond acceptors (Lipinski definition) is 3. The zero-order valence-electron chi connectivity index (χ0n) is 9.65. The topological polar surface area (TPSA) is 55.2 Å². The molecule has 1 aromatic rings. The molecule has 1 atom stereocenters. The van der Waals surface area contributed by atoms with Gasteiger partial charge in [0.15, 0.2) is 0 Å². The summed E-state index contributed by atoms with van der Waals surface area (Å²) in [5.41, 5.74) is 0.952. The number of nitrogens with zero attached hydrogens (tertiary/aromatic N) is 1. The maximum Gasteiger partial charge on any atom is 0.283 e. The Hall–Kier alpha value is -1.36. The zero-order valence-corrected chi connectivity index (χ0v) is 11.2. The van der Waals surface area contributed by atoms with E-state index in [2.05, 4.69) is 34.7 Å². The Labute approximate surface area is 109 Å². The Morgan fingerprint density at radius 2 is 2.35 bits per heavy atom. The van der Waals surface area contributed by atoms with Crippen LogP contribution in [0.2, 0.25) is 0 Å². The minimum atomic E-state index is -0.408. The van der Waals surface area contributed by atoms with Crippen LogP contribution in [0.1, 0.15) is 19.8 Å². The smallest absolute Gasteiger partial charge is 0.283 e. The highest BCUT2D eigenvalue weighted by Crippen LogP contribution is 2.28. The van der Waals surface area contributed by atoms with E-state index in [1.807, 2.05) is 6.08 Å². The Balaban J connectivity index is 2.70. The van der Waals surface area contributed by atoms with Crippen LogP contribution < -0.4 is 5.32 Å². The number of nitrogens with one attached hydrogen (secondary N) is 1. The molecule has 0 spiro atoms. The molecule has 0 amide bonds. The van der Waals surface area contributed by atoms with Gasteiger partial charge in [0.25, 0.3) is 5.69 Å². The highest BCUT2D eigenvalue weighted by Gasteiger charge is 2.12. The molecule has 0 aliphatic carbocycles. The van der Waals surface area contributed by atoms with Gasteiger partial charge in [-0.15, -0.1) is 6.58 Å². The normalized spacial score (nSPS) is 11.9. The Bertz CT molecular complexity index is 421. The van der Waals surface area contributed by atoms with Gasteiger partial charge < -0.3 is 5.32 Å². The zero-order chi connectivity index (χ0) is 12.8. The minimum Gasteiger partial charge on any atom is -0.383 e. The molecular weight excluding hydrogens is 284 g/mol. The van der Waals surface area contributed by atoms with E-state index < -0.39 is 4.92 Å². The van der Waals surface area contributed by atoms with Crippen LogP contribution in [0.3, 0.4) is 0 Å². The number of nitro benzene ring substituents is 1. The minimum absolute atomic E-state index is 0.0781. The number of hydrogen-bond donors (Lipinski definition) is 1. The van der Waals surface area contributed by atoms with Crippen molar-refractivity contribution in [2.24, 2.45) is 0 Å². The number of benzene rings is 1. The SMILES string of the molecule is C=CCCC(C)Nc1ccc([N+](=O)[O-])c(Br)c1. The fourth-order valence-corrected chi connectivity index (χ4v) is 1.99. The predicted octanol–water partition coefficient (Wildman–Crippen LogP) is 4.12. The highest BCUT2D eigenvalue weighted by molar-refractivity contribution is 9.10. The van der Waals surface area contributed by atoms with E-state index in [1.54, 1.807) is 12.1 Å². The number of halogens is 1. The summed E-state index contributed by atoms with van der Waals surface area (Å²) in [5, 5.41) is 13.9. The molecule has 0 radical (unpaired) electrons. The van der Waals surface area contributed by atoms with Crippen LogP contribution in [0.5, 0.6) is 0 Å². The first-order valence-electron chi connectivity index (χ1n) is 5.36. The summed E-state index contributed by atoms with van der Waals surface area (Å²) in [6.45, 7) is 5.74. The molecule has 0 heterocycles. The van der Waals surface area contributed by atoms with Crippen LogP contribution in [0.4, 0.5) is 11.4 Å². The van der Waals surface area contributed by atoms with Gasteiger partial charge in [0.1, 0.15) is 0 Å². The molecule has 0 saturated carbocycles. The summed E-state index contributed by atoms with van der Waals surface area (Å²) in [5.74, 6) is 0. The van der Waals surface area contributed by atoms with Crippen molar-refractivity contribution in [3.63, 3.8) is 0 Å². The van der Waals surface area contributed by atoms with Crippen LogP contribution in [-0.4, -0.2) is 11.0 Å². The molecule has 92 valence electrons. The lowest BCUT2D eigenvalue weighted by atomic mass is 10.1. The lowest BCUT2D eigenvalue weighted by Gasteiger charge is -2.14. The molecule has 1 aromatic carbocycles. The maximum atomic E-state index is 10.6. The third kappa shape index (κ3) is 4.19. The monoisotopic (exact) mass is 298 g/mol. The van der Waals surface area contributed by atoms with Gasteiger partial charge in [-0.1, -0.05) is 6.08 Å². The third-order valence-corrected chi connectivity index (χ3v) is 3.00. The fourth-order valence-electron chi connectivity index (χ4n) is 1.47. The van der Waals surface area contributed by atoms with E-state index in [0.717, 1.165) is 18.5 Å². The number of allylic oxidation sites excluding steroid dienone is 1. The second kappa shape index (κ2) is 6.39. The van der Waals surface area contributed by atoms with Crippen molar-refractivity contribution in [1.82, 2.24) is 0 Å². The Morgan fingerprint density at radius 3 is 2.88 bits per heavy atom. The quantitative estimate of drug-likeness (QED) is 0.488. The second-order valence-electron chi connectivity index (χ2n) is 3.83. The lowest BCUT2D eigenvalue weighted by Crippen LogP contribution is -2.14. The summed E-state index contributed by atoms with van der Waals surface area (Å²) >= 11 is 3.19. The largest absolute Gasteiger partial charge is 0.383 e. The molecule has 4 nitrogen and oxygen atoms in total. The second-order valence-corrected chi connectivity index (χ2v) is 4.69. The number of anilines is 1. The van der Waals surface area contributed by atoms with Gasteiger partial charge >= 0.3 is 0 Å². The van der Waals surface area contributed by atoms with Crippen molar-refractivity contribution in [2.75, 3.05) is 5.32 Å². The van der Waals surface area contributed by atoms with Crippen molar-refractivity contribution in [2.45, 2.75) is 25.8 Å². The molecule has 0 fully saturated rings. The van der Waals surface area contributed by atoms with Crippen LogP contribution in [-0.2, 0) is 0 Å². The summed E-state index contributed by atoms with van der Waals surface area (Å²) in [6, 6.07) is 5.24. The van der Waals surface area contributed by atoms with Crippen molar-refractivity contribution in [3.8, 4) is 0 Å². The van der Waals surface area contributed by atoms with E-state index in [-0.39, 0.29) is 5.69 Å². The summed E-state index contributed by atoms with van der Waals surface area (Å²) < 4.78 is 0.489. The molecule has 0 bridgehead atoms. The third-order valence-electron chi connectivity index (χ3n) is 2.36. The summed E-state index contributed by atoms with van der Waals surface area (Å²) in [7, 11) is 0. The van der Waals surface area contributed by atoms with Crippen molar-refractivity contribution in [1.29, 1.82) is 0 Å². The van der Waals surface area contributed by atoms with Gasteiger partial charge in [0, 0.05) is 17.8 Å². The van der Waals surface area contributed by atoms with Gasteiger partial charge in [-0.05, 0) is 47.8 Å². The molecule has 5 heteroatoms. The molecular formula is C12H15BrN2O2. The van der Waals surface area contributed by atoms with E-state index >= 15 is 0 Å². The van der Waals surface area contributed by atoms with E-state index in [9.17, 15) is 10.1 Å². The van der Waals surface area contributed by atoms with Crippen LogP contribution in [0, 0.1) is 10.1 Å². The van der Waals surface area contributed by atoms with Gasteiger partial charge in [-0.25, -0.2) is 0 Å². The molecule has 1 rings (SSSR count). The number of nitro groups is 1. The number of rotatable bonds is 6. The molecule has 1 unspecified atom stereocenters. The maximum absolute atomic E-state index is 10.6. The van der Waals surface area contributed by atoms with Crippen LogP contribution in [0.25, 0.3) is 0 Å². The molecule has 0 aliphatic heterocycles. The van der Waals surface area contributed by atoms with Crippen LogP contribution in [0.15, 0.2) is 35.3 Å². The van der Waals surface area contributed by atoms with Gasteiger partial charge in [-0.2, -0.15) is 0 Å². The summed E-state index contributed by atoms with van der Waals surface area (Å²) in [6.07, 6.45) is 3.81. The molecule has 0 saturated heterocycles. The van der Waals surface area contributed by atoms with Gasteiger partial charge in [-0.3, -0.25) is 10.1 Å².